The molecule has 0 saturated heterocycles. The number of carbonyl (C=O) groups is 1. The summed E-state index contributed by atoms with van der Waals surface area (Å²) in [4.78, 5) is 12.6. The summed E-state index contributed by atoms with van der Waals surface area (Å²) in [6, 6.07) is 4.91. The summed E-state index contributed by atoms with van der Waals surface area (Å²) in [6.07, 6.45) is -0.761. The Hall–Kier alpha value is -1.52. The van der Waals surface area contributed by atoms with Crippen molar-refractivity contribution in [3.63, 3.8) is 0 Å². The molecule has 0 bridgehead atoms. The van der Waals surface area contributed by atoms with Crippen LogP contribution in [0.2, 0.25) is 0 Å². The van der Waals surface area contributed by atoms with E-state index < -0.39 is 17.6 Å². The van der Waals surface area contributed by atoms with E-state index in [0.717, 1.165) is 31.7 Å². The van der Waals surface area contributed by atoms with Crippen LogP contribution < -0.4 is 5.32 Å². The second-order valence-corrected chi connectivity index (χ2v) is 7.75. The monoisotopic (exact) mass is 355 g/mol. The van der Waals surface area contributed by atoms with Crippen molar-refractivity contribution in [3.05, 3.63) is 35.4 Å². The van der Waals surface area contributed by atoms with Gasteiger partial charge >= 0.3 is 6.18 Å². The van der Waals surface area contributed by atoms with Gasteiger partial charge in [-0.15, -0.1) is 0 Å². The SMILES string of the molecule is CCCC1(C)C(NC(=O)c2ccccc2C(F)(F)F)CCC1C(C)C. The van der Waals surface area contributed by atoms with Crippen molar-refractivity contribution in [1.29, 1.82) is 0 Å². The Morgan fingerprint density at radius 2 is 1.92 bits per heavy atom. The largest absolute Gasteiger partial charge is 0.417 e. The third kappa shape index (κ3) is 4.01. The Bertz CT molecular complexity index is 611. The second kappa shape index (κ2) is 7.38. The molecule has 0 radical (unpaired) electrons. The molecule has 0 spiro atoms. The second-order valence-electron chi connectivity index (χ2n) is 7.75. The molecule has 1 amide bonds. The first-order valence-corrected chi connectivity index (χ1v) is 9.08. The summed E-state index contributed by atoms with van der Waals surface area (Å²) in [6.45, 7) is 8.65. The summed E-state index contributed by atoms with van der Waals surface area (Å²) < 4.78 is 39.5. The van der Waals surface area contributed by atoms with Gasteiger partial charge in [0.25, 0.3) is 5.91 Å². The molecule has 0 heterocycles. The average Bonchev–Trinajstić information content (AvgIpc) is 2.83. The van der Waals surface area contributed by atoms with Crippen LogP contribution in [0.1, 0.15) is 69.3 Å². The highest BCUT2D eigenvalue weighted by atomic mass is 19.4. The molecule has 2 rings (SSSR count). The van der Waals surface area contributed by atoms with Gasteiger partial charge in [-0.3, -0.25) is 4.79 Å². The maximum atomic E-state index is 13.2. The number of benzene rings is 1. The van der Waals surface area contributed by atoms with Crippen LogP contribution in [0.5, 0.6) is 0 Å². The quantitative estimate of drug-likeness (QED) is 0.724. The molecular formula is C20H28F3NO. The normalized spacial score (nSPS) is 26.9. The topological polar surface area (TPSA) is 29.1 Å². The highest BCUT2D eigenvalue weighted by Crippen LogP contribution is 2.50. The fraction of sp³-hybridized carbons (Fsp3) is 0.650. The summed E-state index contributed by atoms with van der Waals surface area (Å²) in [5, 5.41) is 2.93. The number of hydrogen-bond acceptors (Lipinski definition) is 1. The molecule has 1 saturated carbocycles. The maximum absolute atomic E-state index is 13.2. The van der Waals surface area contributed by atoms with E-state index in [1.54, 1.807) is 0 Å². The van der Waals surface area contributed by atoms with Crippen LogP contribution in [0, 0.1) is 17.3 Å². The molecule has 3 atom stereocenters. The Labute approximate surface area is 148 Å². The van der Waals surface area contributed by atoms with E-state index in [-0.39, 0.29) is 17.0 Å². The van der Waals surface area contributed by atoms with Crippen molar-refractivity contribution in [2.45, 2.75) is 65.6 Å². The van der Waals surface area contributed by atoms with Crippen LogP contribution in [0.3, 0.4) is 0 Å². The molecule has 1 N–H and O–H groups in total. The van der Waals surface area contributed by atoms with Gasteiger partial charge in [0.05, 0.1) is 11.1 Å². The molecular weight excluding hydrogens is 327 g/mol. The molecule has 3 unspecified atom stereocenters. The standard InChI is InChI=1S/C20H28F3NO/c1-5-12-19(4)15(13(2)3)10-11-17(19)24-18(25)14-8-6-7-9-16(14)20(21,22)23/h6-9,13,15,17H,5,10-12H2,1-4H3,(H,24,25). The Kier molecular flexibility index (Phi) is 5.85. The van der Waals surface area contributed by atoms with Crippen LogP contribution in [0.4, 0.5) is 13.2 Å². The van der Waals surface area contributed by atoms with Crippen molar-refractivity contribution in [1.82, 2.24) is 5.32 Å². The van der Waals surface area contributed by atoms with Crippen LogP contribution in [-0.4, -0.2) is 11.9 Å². The summed E-state index contributed by atoms with van der Waals surface area (Å²) in [7, 11) is 0. The lowest BCUT2D eigenvalue weighted by molar-refractivity contribution is -0.137. The minimum Gasteiger partial charge on any atom is -0.349 e. The first-order valence-electron chi connectivity index (χ1n) is 9.08. The van der Waals surface area contributed by atoms with Gasteiger partial charge in [-0.2, -0.15) is 13.2 Å². The van der Waals surface area contributed by atoms with Gasteiger partial charge in [-0.05, 0) is 48.6 Å². The average molecular weight is 355 g/mol. The summed E-state index contributed by atoms with van der Waals surface area (Å²) in [5.41, 5.74) is -1.24. The molecule has 5 heteroatoms. The molecule has 0 aliphatic heterocycles. The number of amides is 1. The van der Waals surface area contributed by atoms with Crippen molar-refractivity contribution in [3.8, 4) is 0 Å². The van der Waals surface area contributed by atoms with Gasteiger partial charge in [0.15, 0.2) is 0 Å². The lowest BCUT2D eigenvalue weighted by atomic mass is 9.69. The third-order valence-electron chi connectivity index (χ3n) is 5.79. The Morgan fingerprint density at radius 1 is 1.28 bits per heavy atom. The molecule has 0 aromatic heterocycles. The van der Waals surface area contributed by atoms with Gasteiger partial charge in [-0.1, -0.05) is 46.2 Å². The highest BCUT2D eigenvalue weighted by molar-refractivity contribution is 5.96. The molecule has 1 fully saturated rings. The van der Waals surface area contributed by atoms with Gasteiger partial charge in [0.1, 0.15) is 0 Å². The van der Waals surface area contributed by atoms with Crippen molar-refractivity contribution < 1.29 is 18.0 Å². The lowest BCUT2D eigenvalue weighted by Gasteiger charge is -2.39. The maximum Gasteiger partial charge on any atom is 0.417 e. The van der Waals surface area contributed by atoms with Gasteiger partial charge in [0, 0.05) is 6.04 Å². The number of halogens is 3. The minimum atomic E-state index is -4.53. The van der Waals surface area contributed by atoms with E-state index in [1.807, 2.05) is 0 Å². The lowest BCUT2D eigenvalue weighted by Crippen LogP contribution is -2.46. The fourth-order valence-corrected chi connectivity index (χ4v) is 4.66. The number of carbonyl (C=O) groups excluding carboxylic acids is 1. The molecule has 1 aliphatic carbocycles. The van der Waals surface area contributed by atoms with Crippen molar-refractivity contribution >= 4 is 5.91 Å². The van der Waals surface area contributed by atoms with Crippen molar-refractivity contribution in [2.75, 3.05) is 0 Å². The smallest absolute Gasteiger partial charge is 0.349 e. The number of alkyl halides is 3. The van der Waals surface area contributed by atoms with E-state index >= 15 is 0 Å². The predicted octanol–water partition coefficient (Wildman–Crippen LogP) is 5.68. The molecule has 2 nitrogen and oxygen atoms in total. The number of nitrogens with one attached hydrogen (secondary N) is 1. The summed E-state index contributed by atoms with van der Waals surface area (Å²) in [5.74, 6) is 0.334. The molecule has 25 heavy (non-hydrogen) atoms. The number of rotatable bonds is 5. The predicted molar refractivity (Wildman–Crippen MR) is 93.3 cm³/mol. The minimum absolute atomic E-state index is 0.0776. The molecule has 140 valence electrons. The van der Waals surface area contributed by atoms with E-state index in [1.165, 1.54) is 18.2 Å². The Balaban J connectivity index is 2.26. The van der Waals surface area contributed by atoms with E-state index in [0.29, 0.717) is 11.8 Å². The van der Waals surface area contributed by atoms with E-state index in [4.69, 9.17) is 0 Å². The molecule has 1 aromatic carbocycles. The van der Waals surface area contributed by atoms with Crippen LogP contribution in [0.25, 0.3) is 0 Å². The summed E-state index contributed by atoms with van der Waals surface area (Å²) >= 11 is 0. The van der Waals surface area contributed by atoms with E-state index in [9.17, 15) is 18.0 Å². The van der Waals surface area contributed by atoms with E-state index in [2.05, 4.69) is 33.0 Å². The third-order valence-corrected chi connectivity index (χ3v) is 5.79. The zero-order chi connectivity index (χ0) is 18.8. The van der Waals surface area contributed by atoms with Gasteiger partial charge in [-0.25, -0.2) is 0 Å². The van der Waals surface area contributed by atoms with Crippen molar-refractivity contribution in [2.24, 2.45) is 17.3 Å². The molecule has 1 aliphatic rings. The zero-order valence-corrected chi connectivity index (χ0v) is 15.4. The Morgan fingerprint density at radius 3 is 2.48 bits per heavy atom. The first kappa shape index (κ1) is 19.8. The first-order chi connectivity index (χ1) is 11.6. The van der Waals surface area contributed by atoms with Gasteiger partial charge in [0.2, 0.25) is 0 Å². The zero-order valence-electron chi connectivity index (χ0n) is 15.4. The number of hydrogen-bond donors (Lipinski definition) is 1. The molecule has 1 aromatic rings. The van der Waals surface area contributed by atoms with Crippen LogP contribution >= 0.6 is 0 Å². The fourth-order valence-electron chi connectivity index (χ4n) is 4.66. The van der Waals surface area contributed by atoms with Crippen LogP contribution in [-0.2, 0) is 6.18 Å². The van der Waals surface area contributed by atoms with Crippen LogP contribution in [0.15, 0.2) is 24.3 Å². The highest BCUT2D eigenvalue weighted by Gasteiger charge is 2.47. The van der Waals surface area contributed by atoms with Gasteiger partial charge < -0.3 is 5.32 Å².